The van der Waals surface area contributed by atoms with Gasteiger partial charge in [0.05, 0.1) is 0 Å². The van der Waals surface area contributed by atoms with Crippen LogP contribution in [-0.4, -0.2) is 8.19 Å². The largest absolute Gasteiger partial charge is 0.147 e. The smallest absolute Gasteiger partial charge is 0.147 e. The summed E-state index contributed by atoms with van der Waals surface area (Å²) in [6.07, 6.45) is 4.79. The average molecular weight is 468 g/mol. The van der Waals surface area contributed by atoms with Gasteiger partial charge in [-0.05, 0) is 0 Å². The number of allylic oxidation sites excluding steroid dienone is 1. The molecule has 2 aromatic carbocycles. The third-order valence-electron chi connectivity index (χ3n) is 6.63. The molecule has 138 valence electrons. The monoisotopic (exact) mass is 465 g/mol. The topological polar surface area (TPSA) is 15.8 Å². The van der Waals surface area contributed by atoms with Gasteiger partial charge in [0.15, 0.2) is 0 Å². The molecular formula is C22H27Cl2NZr. The van der Waals surface area contributed by atoms with Crippen molar-refractivity contribution in [1.29, 1.82) is 0 Å². The molecule has 1 atom stereocenters. The number of halogens is 2. The van der Waals surface area contributed by atoms with E-state index < -0.39 is 18.3 Å². The minimum absolute atomic E-state index is 0. The first-order valence-corrected chi connectivity index (χ1v) is 17.6. The van der Waals surface area contributed by atoms with Gasteiger partial charge in [0, 0.05) is 0 Å². The van der Waals surface area contributed by atoms with Crippen LogP contribution < -0.4 is 3.40 Å². The van der Waals surface area contributed by atoms with Gasteiger partial charge >= 0.3 is 145 Å². The SMILES string of the molecule is C[C](C)=[Zr]([CH3])([CH3])([c]1cc2ccccc2[nH]1)[CH]1C=Cc2ccccc21.Cl.Cl. The molecule has 1 heterocycles. The first-order chi connectivity index (χ1) is 11.4. The van der Waals surface area contributed by atoms with Crippen molar-refractivity contribution >= 4 is 48.4 Å². The molecule has 0 aliphatic heterocycles. The number of H-pyrrole nitrogens is 1. The molecule has 0 amide bonds. The van der Waals surface area contributed by atoms with Crippen molar-refractivity contribution < 1.29 is 18.3 Å². The number of benzene rings is 2. The van der Waals surface area contributed by atoms with E-state index in [1.807, 2.05) is 0 Å². The summed E-state index contributed by atoms with van der Waals surface area (Å²) in [6, 6.07) is 20.0. The fourth-order valence-electron chi connectivity index (χ4n) is 4.24. The second-order valence-electron chi connectivity index (χ2n) is 8.23. The third kappa shape index (κ3) is 2.91. The Bertz CT molecular complexity index is 1020. The fourth-order valence-corrected chi connectivity index (χ4v) is 15.3. The number of hydrogen-bond acceptors (Lipinski definition) is 0. The van der Waals surface area contributed by atoms with Crippen molar-refractivity contribution in [3.8, 4) is 0 Å². The quantitative estimate of drug-likeness (QED) is 0.449. The maximum absolute atomic E-state index is 3.80. The van der Waals surface area contributed by atoms with E-state index in [0.717, 1.165) is 0 Å². The molecule has 0 radical (unpaired) electrons. The molecule has 1 N–H and O–H groups in total. The summed E-state index contributed by atoms with van der Waals surface area (Å²) in [7, 11) is 0. The zero-order chi connectivity index (χ0) is 17.0. The van der Waals surface area contributed by atoms with E-state index >= 15 is 0 Å². The Morgan fingerprint density at radius 1 is 0.923 bits per heavy atom. The summed E-state index contributed by atoms with van der Waals surface area (Å²) in [6.45, 7) is 4.71. The first-order valence-electron chi connectivity index (χ1n) is 8.76. The summed E-state index contributed by atoms with van der Waals surface area (Å²) >= 11 is -3.43. The Kier molecular flexibility index (Phi) is 5.94. The second-order valence-corrected chi connectivity index (χ2v) is 25.8. The van der Waals surface area contributed by atoms with Crippen molar-refractivity contribution in [2.45, 2.75) is 26.7 Å². The molecule has 4 heteroatoms. The van der Waals surface area contributed by atoms with Crippen molar-refractivity contribution in [2.24, 2.45) is 0 Å². The van der Waals surface area contributed by atoms with Gasteiger partial charge in [0.25, 0.3) is 0 Å². The van der Waals surface area contributed by atoms with Crippen LogP contribution in [0, 0.1) is 0 Å². The molecule has 0 spiro atoms. The summed E-state index contributed by atoms with van der Waals surface area (Å²) in [5.74, 6) is 0. The molecule has 3 aromatic rings. The van der Waals surface area contributed by atoms with E-state index in [0.29, 0.717) is 3.63 Å². The molecule has 1 aromatic heterocycles. The molecule has 1 unspecified atom stereocenters. The Labute approximate surface area is 169 Å². The van der Waals surface area contributed by atoms with Crippen LogP contribution >= 0.6 is 24.8 Å². The van der Waals surface area contributed by atoms with Gasteiger partial charge in [0.2, 0.25) is 0 Å². The van der Waals surface area contributed by atoms with Crippen molar-refractivity contribution in [2.75, 3.05) is 0 Å². The Balaban J connectivity index is 0.00000121. The van der Waals surface area contributed by atoms with Gasteiger partial charge in [-0.2, -0.15) is 0 Å². The summed E-state index contributed by atoms with van der Waals surface area (Å²) < 4.78 is 8.83. The average Bonchev–Trinajstić information content (AvgIpc) is 3.19. The van der Waals surface area contributed by atoms with Crippen LogP contribution in [0.2, 0.25) is 9.26 Å². The zero-order valence-corrected chi connectivity index (χ0v) is 19.8. The minimum Gasteiger partial charge on any atom is -0.147 e. The molecule has 0 bridgehead atoms. The third-order valence-corrected chi connectivity index (χ3v) is 24.8. The van der Waals surface area contributed by atoms with Crippen LogP contribution in [0.25, 0.3) is 17.0 Å². The molecule has 0 fully saturated rings. The number of hydrogen-bond donors (Lipinski definition) is 1. The molecule has 26 heavy (non-hydrogen) atoms. The summed E-state index contributed by atoms with van der Waals surface area (Å²) in [5.41, 5.74) is 4.16. The van der Waals surface area contributed by atoms with E-state index in [4.69, 9.17) is 0 Å². The molecule has 1 aliphatic rings. The van der Waals surface area contributed by atoms with Crippen LogP contribution in [0.5, 0.6) is 0 Å². The Hall–Kier alpha value is -0.947. The van der Waals surface area contributed by atoms with Gasteiger partial charge in [-0.25, -0.2) is 0 Å². The number of para-hydroxylation sites is 1. The van der Waals surface area contributed by atoms with E-state index in [1.165, 1.54) is 25.4 Å². The van der Waals surface area contributed by atoms with E-state index in [9.17, 15) is 0 Å². The first kappa shape index (κ1) is 21.4. The van der Waals surface area contributed by atoms with Crippen LogP contribution in [-0.2, 0) is 18.3 Å². The van der Waals surface area contributed by atoms with Gasteiger partial charge in [-0.15, -0.1) is 24.8 Å². The molecule has 0 saturated carbocycles. The van der Waals surface area contributed by atoms with Crippen molar-refractivity contribution in [3.05, 3.63) is 71.8 Å². The van der Waals surface area contributed by atoms with Crippen molar-refractivity contribution in [3.63, 3.8) is 0 Å². The van der Waals surface area contributed by atoms with E-state index in [1.54, 1.807) is 3.21 Å². The molecule has 1 aliphatic carbocycles. The maximum atomic E-state index is 3.80. The molecular weight excluding hydrogens is 440 g/mol. The Morgan fingerprint density at radius 3 is 2.27 bits per heavy atom. The van der Waals surface area contributed by atoms with Gasteiger partial charge in [0.1, 0.15) is 0 Å². The maximum Gasteiger partial charge on any atom is -0.147 e. The molecule has 4 rings (SSSR count). The van der Waals surface area contributed by atoms with Crippen LogP contribution in [0.4, 0.5) is 0 Å². The van der Waals surface area contributed by atoms with Crippen LogP contribution in [0.3, 0.4) is 0 Å². The normalized spacial score (nSPS) is 16.0. The van der Waals surface area contributed by atoms with E-state index in [2.05, 4.69) is 94.8 Å². The summed E-state index contributed by atoms with van der Waals surface area (Å²) in [5, 5.41) is 1.33. The predicted molar refractivity (Wildman–Crippen MR) is 119 cm³/mol. The number of fused-ring (bicyclic) bond motifs is 2. The van der Waals surface area contributed by atoms with Gasteiger partial charge in [-0.1, -0.05) is 0 Å². The predicted octanol–water partition coefficient (Wildman–Crippen LogP) is 6.40. The fraction of sp³-hybridized carbons (Fsp3) is 0.227. The van der Waals surface area contributed by atoms with Gasteiger partial charge < -0.3 is 0 Å². The number of aromatic nitrogens is 1. The summed E-state index contributed by atoms with van der Waals surface area (Å²) in [4.78, 5) is 3.80. The number of nitrogens with one attached hydrogen (secondary N) is 1. The van der Waals surface area contributed by atoms with Crippen molar-refractivity contribution in [1.82, 2.24) is 4.98 Å². The standard InChI is InChI=1S/C9H7.C8H6N.C3H6.2CH3.2ClH.Zr/c1-2-5-9-7-3-6-8(9)4-1;1-2-4-8-7(3-1)5-6-9-8;1-3-2;;;;;/h1-7H;1-5,9H;1-2H3;2*1H3;2*1H;. The van der Waals surface area contributed by atoms with Crippen LogP contribution in [0.15, 0.2) is 60.7 Å². The number of rotatable bonds is 2. The van der Waals surface area contributed by atoms with Gasteiger partial charge in [-0.3, -0.25) is 0 Å². The van der Waals surface area contributed by atoms with E-state index in [-0.39, 0.29) is 24.8 Å². The Morgan fingerprint density at radius 2 is 1.58 bits per heavy atom. The molecule has 1 nitrogen and oxygen atoms in total. The zero-order valence-electron chi connectivity index (χ0n) is 15.7. The molecule has 0 saturated heterocycles. The minimum atomic E-state index is -3.43. The number of aromatic amines is 1. The second kappa shape index (κ2) is 7.23. The van der Waals surface area contributed by atoms with Crippen LogP contribution in [0.1, 0.15) is 28.6 Å².